The fourth-order valence-electron chi connectivity index (χ4n) is 11.3. The highest BCUT2D eigenvalue weighted by Crippen LogP contribution is 2.66. The largest absolute Gasteiger partial charge is 0.341 e. The number of nitrogens with zero attached hydrogens (tertiary/aromatic N) is 5. The van der Waals surface area contributed by atoms with Crippen LogP contribution in [0.5, 0.6) is 0 Å². The summed E-state index contributed by atoms with van der Waals surface area (Å²) in [5.41, 5.74) is 15.5. The fourth-order valence-corrected chi connectivity index (χ4v) is 11.3. The molecule has 68 heavy (non-hydrogen) atoms. The highest BCUT2D eigenvalue weighted by atomic mass is 15.2. The Morgan fingerprint density at radius 2 is 0.691 bits per heavy atom. The van der Waals surface area contributed by atoms with E-state index in [0.29, 0.717) is 0 Å². The Morgan fingerprint density at radius 1 is 0.368 bits per heavy atom. The Bertz CT molecular complexity index is 2210. The van der Waals surface area contributed by atoms with Gasteiger partial charge < -0.3 is 14.7 Å². The quantitative estimate of drug-likeness (QED) is 0.0285. The van der Waals surface area contributed by atoms with Gasteiger partial charge in [-0.2, -0.15) is 10.2 Å². The molecular formula is C63H81N5. The molecule has 5 heteroatoms. The third-order valence-corrected chi connectivity index (χ3v) is 14.9. The van der Waals surface area contributed by atoms with Crippen molar-refractivity contribution < 1.29 is 0 Å². The van der Waals surface area contributed by atoms with E-state index in [0.717, 1.165) is 43.0 Å². The molecular weight excluding hydrogens is 827 g/mol. The number of aryl methyl sites for hydroxylation is 1. The van der Waals surface area contributed by atoms with Crippen LogP contribution in [0.4, 0.5) is 45.5 Å². The van der Waals surface area contributed by atoms with Crippen molar-refractivity contribution in [2.75, 3.05) is 34.3 Å². The van der Waals surface area contributed by atoms with Gasteiger partial charge in [0.05, 0.1) is 11.4 Å². The van der Waals surface area contributed by atoms with E-state index in [-0.39, 0.29) is 0 Å². The van der Waals surface area contributed by atoms with Crippen molar-refractivity contribution in [2.24, 2.45) is 10.2 Å². The molecule has 0 aromatic heterocycles. The van der Waals surface area contributed by atoms with Crippen molar-refractivity contribution in [3.63, 3.8) is 0 Å². The smallest absolute Gasteiger partial charge is 0.119 e. The summed E-state index contributed by atoms with van der Waals surface area (Å²) < 4.78 is 0. The fraction of sp³-hybridized carbons (Fsp3) is 0.492. The second-order valence-corrected chi connectivity index (χ2v) is 20.0. The molecule has 3 aliphatic rings. The molecule has 0 amide bonds. The SMILES string of the molecule is CCCCCCCCN1c2cccc3c2C2(C#Cc4ccc(N=Nc5ccc(CCCCCC)cc5)cc4)c4c1cccc4N(CCCCCCCC)c1cccc(c12)N3CCCCCCCC. The van der Waals surface area contributed by atoms with Crippen molar-refractivity contribution in [1.82, 2.24) is 0 Å². The number of hydrogen-bond acceptors (Lipinski definition) is 5. The van der Waals surface area contributed by atoms with Gasteiger partial charge in [-0.15, -0.1) is 0 Å². The lowest BCUT2D eigenvalue weighted by Crippen LogP contribution is -2.47. The second kappa shape index (κ2) is 24.8. The monoisotopic (exact) mass is 908 g/mol. The van der Waals surface area contributed by atoms with Crippen LogP contribution in [-0.4, -0.2) is 19.6 Å². The van der Waals surface area contributed by atoms with Crippen LogP contribution in [-0.2, 0) is 11.8 Å². The van der Waals surface area contributed by atoms with Gasteiger partial charge in [0.25, 0.3) is 0 Å². The summed E-state index contributed by atoms with van der Waals surface area (Å²) >= 11 is 0. The summed E-state index contributed by atoms with van der Waals surface area (Å²) in [4.78, 5) is 8.09. The zero-order valence-electron chi connectivity index (χ0n) is 42.4. The Morgan fingerprint density at radius 3 is 1.06 bits per heavy atom. The molecule has 3 aliphatic heterocycles. The van der Waals surface area contributed by atoms with Crippen LogP contribution >= 0.6 is 0 Å². The first kappa shape index (κ1) is 49.1. The molecule has 0 bridgehead atoms. The van der Waals surface area contributed by atoms with E-state index < -0.39 is 5.41 Å². The van der Waals surface area contributed by atoms with Crippen LogP contribution in [0.3, 0.4) is 0 Å². The number of azo groups is 1. The standard InChI is InChI=1S/C63H81N5/c1-5-9-13-17-20-24-47-66-54-31-27-33-56-60(54)63(46-45-51-39-43-53(44-40-51)65-64-52-41-37-50(38-42-52)30-23-16-12-8-4)61-55(66)32-28-34-57(61)68(49-26-22-19-15-11-7-3)59-36-29-35-58(62(59)63)67(56)48-25-21-18-14-10-6-2/h27-29,31-44H,5-26,30,47-49H2,1-4H3. The van der Waals surface area contributed by atoms with E-state index in [2.05, 4.69) is 168 Å². The second-order valence-electron chi connectivity index (χ2n) is 20.0. The maximum Gasteiger partial charge on any atom is 0.119 e. The van der Waals surface area contributed by atoms with Crippen molar-refractivity contribution >= 4 is 45.5 Å². The lowest BCUT2D eigenvalue weighted by molar-refractivity contribution is 0.598. The van der Waals surface area contributed by atoms with Gasteiger partial charge >= 0.3 is 0 Å². The zero-order valence-corrected chi connectivity index (χ0v) is 42.4. The van der Waals surface area contributed by atoms with Gasteiger partial charge in [-0.1, -0.05) is 185 Å². The van der Waals surface area contributed by atoms with Crippen LogP contribution in [0.1, 0.15) is 197 Å². The number of benzene rings is 5. The first-order valence-electron chi connectivity index (χ1n) is 27.5. The summed E-state index contributed by atoms with van der Waals surface area (Å²) in [5, 5.41) is 9.29. The molecule has 5 aromatic rings. The van der Waals surface area contributed by atoms with Gasteiger partial charge in [0.2, 0.25) is 0 Å². The molecule has 5 nitrogen and oxygen atoms in total. The minimum atomic E-state index is -0.642. The van der Waals surface area contributed by atoms with Crippen molar-refractivity contribution in [1.29, 1.82) is 0 Å². The highest BCUT2D eigenvalue weighted by molar-refractivity contribution is 6.02. The molecule has 0 fully saturated rings. The van der Waals surface area contributed by atoms with Gasteiger partial charge in [-0.05, 0) is 110 Å². The van der Waals surface area contributed by atoms with Gasteiger partial charge in [0.1, 0.15) is 5.41 Å². The molecule has 0 N–H and O–H groups in total. The Hall–Kier alpha value is -5.34. The maximum atomic E-state index is 4.66. The van der Waals surface area contributed by atoms with Gasteiger partial charge in [-0.3, -0.25) is 0 Å². The minimum Gasteiger partial charge on any atom is -0.341 e. The molecule has 0 saturated carbocycles. The Balaban J connectivity index is 1.19. The van der Waals surface area contributed by atoms with Crippen LogP contribution in [0.2, 0.25) is 0 Å². The highest BCUT2D eigenvalue weighted by Gasteiger charge is 2.55. The van der Waals surface area contributed by atoms with Gasteiger partial charge in [-0.25, -0.2) is 0 Å². The lowest BCUT2D eigenvalue weighted by atomic mass is 9.61. The molecule has 0 aliphatic carbocycles. The minimum absolute atomic E-state index is 0.642. The summed E-state index contributed by atoms with van der Waals surface area (Å²) in [7, 11) is 0. The number of rotatable bonds is 28. The molecule has 0 atom stereocenters. The van der Waals surface area contributed by atoms with Gasteiger partial charge in [0, 0.05) is 76.0 Å². The normalized spacial score (nSPS) is 13.8. The summed E-state index contributed by atoms with van der Waals surface area (Å²) in [6.07, 6.45) is 29.2. The average Bonchev–Trinajstić information content (AvgIpc) is 3.37. The topological polar surface area (TPSA) is 34.4 Å². The van der Waals surface area contributed by atoms with E-state index in [1.165, 1.54) is 198 Å². The first-order valence-corrected chi connectivity index (χ1v) is 27.5. The van der Waals surface area contributed by atoms with Crippen LogP contribution in [0, 0.1) is 11.8 Å². The molecule has 5 aromatic carbocycles. The molecule has 3 heterocycles. The predicted octanol–water partition coefficient (Wildman–Crippen LogP) is 19.0. The average molecular weight is 908 g/mol. The number of unbranched alkanes of at least 4 members (excludes halogenated alkanes) is 18. The molecule has 0 spiro atoms. The third-order valence-electron chi connectivity index (χ3n) is 14.9. The molecule has 0 saturated heterocycles. The Labute approximate surface area is 411 Å². The van der Waals surface area contributed by atoms with Crippen LogP contribution < -0.4 is 14.7 Å². The summed E-state index contributed by atoms with van der Waals surface area (Å²) in [6.45, 7) is 12.2. The van der Waals surface area contributed by atoms with E-state index in [1.54, 1.807) is 0 Å². The van der Waals surface area contributed by atoms with Crippen LogP contribution in [0.25, 0.3) is 0 Å². The molecule has 0 unspecified atom stereocenters. The summed E-state index contributed by atoms with van der Waals surface area (Å²) in [6, 6.07) is 38.5. The maximum absolute atomic E-state index is 4.66. The molecule has 0 radical (unpaired) electrons. The van der Waals surface area contributed by atoms with E-state index >= 15 is 0 Å². The first-order chi connectivity index (χ1) is 33.6. The van der Waals surface area contributed by atoms with Crippen LogP contribution in [0.15, 0.2) is 113 Å². The van der Waals surface area contributed by atoms with Crippen molar-refractivity contribution in [3.8, 4) is 11.8 Å². The van der Waals surface area contributed by atoms with E-state index in [9.17, 15) is 0 Å². The van der Waals surface area contributed by atoms with E-state index in [4.69, 9.17) is 0 Å². The Kier molecular flexibility index (Phi) is 17.9. The van der Waals surface area contributed by atoms with Crippen molar-refractivity contribution in [2.45, 2.75) is 181 Å². The third kappa shape index (κ3) is 11.1. The molecule has 8 rings (SSSR count). The molecule has 358 valence electrons. The number of anilines is 6. The van der Waals surface area contributed by atoms with E-state index in [1.807, 2.05) is 0 Å². The van der Waals surface area contributed by atoms with Gasteiger partial charge in [0.15, 0.2) is 0 Å². The summed E-state index contributed by atoms with van der Waals surface area (Å²) in [5.74, 6) is 8.05. The lowest BCUT2D eigenvalue weighted by Gasteiger charge is -2.54. The van der Waals surface area contributed by atoms with Crippen molar-refractivity contribution in [3.05, 3.63) is 131 Å². The number of hydrogen-bond donors (Lipinski definition) is 0. The zero-order chi connectivity index (χ0) is 47.0. The predicted molar refractivity (Wildman–Crippen MR) is 292 cm³/mol.